The Morgan fingerprint density at radius 1 is 0.950 bits per heavy atom. The number of amides is 2. The second-order valence-corrected chi connectivity index (χ2v) is 12.0. The number of sulfonamides is 1. The van der Waals surface area contributed by atoms with Gasteiger partial charge in [0.1, 0.15) is 18.3 Å². The van der Waals surface area contributed by atoms with Crippen LogP contribution >= 0.6 is 23.2 Å². The number of nitrogens with one attached hydrogen (secondary N) is 1. The lowest BCUT2D eigenvalue weighted by Crippen LogP contribution is -2.53. The SMILES string of the molecule is CCCNC(=O)[C@H](Cc1ccccc1)N(Cc1ccc(Cl)c(Cl)c1)C(=O)CN(c1cccc(OC)c1)S(C)(=O)=O. The Morgan fingerprint density at radius 3 is 2.30 bits per heavy atom. The Bertz CT molecular complexity index is 1420. The minimum atomic E-state index is -3.88. The van der Waals surface area contributed by atoms with Crippen molar-refractivity contribution >= 4 is 50.7 Å². The van der Waals surface area contributed by atoms with Gasteiger partial charge in [0.15, 0.2) is 0 Å². The van der Waals surface area contributed by atoms with Crippen molar-refractivity contribution in [2.75, 3.05) is 30.8 Å². The van der Waals surface area contributed by atoms with E-state index < -0.39 is 28.5 Å². The molecule has 0 saturated heterocycles. The Balaban J connectivity index is 2.06. The first-order chi connectivity index (χ1) is 19.0. The van der Waals surface area contributed by atoms with Gasteiger partial charge in [-0.05, 0) is 41.8 Å². The zero-order valence-electron chi connectivity index (χ0n) is 22.6. The lowest BCUT2D eigenvalue weighted by atomic mass is 10.0. The van der Waals surface area contributed by atoms with Gasteiger partial charge in [0.2, 0.25) is 21.8 Å². The van der Waals surface area contributed by atoms with Gasteiger partial charge in [-0.1, -0.05) is 72.6 Å². The molecule has 3 aromatic rings. The van der Waals surface area contributed by atoms with Crippen LogP contribution in [0.5, 0.6) is 5.75 Å². The summed E-state index contributed by atoms with van der Waals surface area (Å²) in [5.41, 5.74) is 1.75. The quantitative estimate of drug-likeness (QED) is 0.298. The number of benzene rings is 3. The van der Waals surface area contributed by atoms with Gasteiger partial charge in [-0.3, -0.25) is 13.9 Å². The maximum absolute atomic E-state index is 14.0. The van der Waals surface area contributed by atoms with Crippen LogP contribution in [0.4, 0.5) is 5.69 Å². The summed E-state index contributed by atoms with van der Waals surface area (Å²) < 4.78 is 32.0. The summed E-state index contributed by atoms with van der Waals surface area (Å²) in [5.74, 6) is -0.467. The van der Waals surface area contributed by atoms with Crippen LogP contribution in [0.3, 0.4) is 0 Å². The van der Waals surface area contributed by atoms with Gasteiger partial charge in [0.05, 0.1) is 29.1 Å². The van der Waals surface area contributed by atoms with Crippen LogP contribution in [0.1, 0.15) is 24.5 Å². The standard InChI is InChI=1S/C29H33Cl2N3O5S/c1-4-15-32-29(36)27(17-21-9-6-5-7-10-21)33(19-22-13-14-25(30)26(31)16-22)28(35)20-34(40(3,37)38)23-11-8-12-24(18-23)39-2/h5-14,16,18,27H,4,15,17,19-20H2,1-3H3,(H,32,36)/t27-/m0/s1. The molecule has 0 heterocycles. The van der Waals surface area contributed by atoms with E-state index in [2.05, 4.69) is 5.32 Å². The number of ether oxygens (including phenoxy) is 1. The molecule has 8 nitrogen and oxygen atoms in total. The molecule has 0 unspecified atom stereocenters. The van der Waals surface area contributed by atoms with E-state index in [-0.39, 0.29) is 24.6 Å². The topological polar surface area (TPSA) is 96.0 Å². The Labute approximate surface area is 245 Å². The van der Waals surface area contributed by atoms with Gasteiger partial charge in [-0.2, -0.15) is 0 Å². The lowest BCUT2D eigenvalue weighted by Gasteiger charge is -2.33. The van der Waals surface area contributed by atoms with Crippen molar-refractivity contribution < 1.29 is 22.7 Å². The number of hydrogen-bond acceptors (Lipinski definition) is 5. The van der Waals surface area contributed by atoms with E-state index >= 15 is 0 Å². The highest BCUT2D eigenvalue weighted by molar-refractivity contribution is 7.92. The molecule has 2 amide bonds. The zero-order chi connectivity index (χ0) is 29.3. The molecule has 0 saturated carbocycles. The van der Waals surface area contributed by atoms with Gasteiger partial charge in [-0.15, -0.1) is 0 Å². The first-order valence-corrected chi connectivity index (χ1v) is 15.3. The summed E-state index contributed by atoms with van der Waals surface area (Å²) in [6.07, 6.45) is 1.96. The highest BCUT2D eigenvalue weighted by atomic mass is 35.5. The van der Waals surface area contributed by atoms with Crippen LogP contribution < -0.4 is 14.4 Å². The van der Waals surface area contributed by atoms with Crippen LogP contribution in [-0.2, 0) is 32.6 Å². The molecule has 1 N–H and O–H groups in total. The summed E-state index contributed by atoms with van der Waals surface area (Å²) in [5, 5.41) is 3.55. The van der Waals surface area contributed by atoms with E-state index in [9.17, 15) is 18.0 Å². The molecule has 0 aliphatic rings. The Hall–Kier alpha value is -3.27. The van der Waals surface area contributed by atoms with E-state index in [0.29, 0.717) is 34.3 Å². The second-order valence-electron chi connectivity index (χ2n) is 9.24. The molecular weight excluding hydrogens is 573 g/mol. The smallest absolute Gasteiger partial charge is 0.244 e. The van der Waals surface area contributed by atoms with E-state index in [1.807, 2.05) is 37.3 Å². The number of methoxy groups -OCH3 is 1. The monoisotopic (exact) mass is 605 g/mol. The third kappa shape index (κ3) is 8.61. The minimum Gasteiger partial charge on any atom is -0.497 e. The van der Waals surface area contributed by atoms with Crippen molar-refractivity contribution in [3.8, 4) is 5.75 Å². The first kappa shape index (κ1) is 31.3. The lowest BCUT2D eigenvalue weighted by molar-refractivity contribution is -0.140. The van der Waals surface area contributed by atoms with Crippen molar-refractivity contribution in [2.24, 2.45) is 0 Å². The van der Waals surface area contributed by atoms with Crippen molar-refractivity contribution in [1.29, 1.82) is 0 Å². The summed E-state index contributed by atoms with van der Waals surface area (Å²) in [6, 6.07) is 19.8. The molecule has 11 heteroatoms. The number of carbonyl (C=O) groups is 2. The van der Waals surface area contributed by atoms with E-state index in [1.54, 1.807) is 36.4 Å². The molecule has 0 spiro atoms. The van der Waals surface area contributed by atoms with Crippen molar-refractivity contribution in [3.05, 3.63) is 94.0 Å². The van der Waals surface area contributed by atoms with Crippen LogP contribution in [0.25, 0.3) is 0 Å². The van der Waals surface area contributed by atoms with Crippen molar-refractivity contribution in [2.45, 2.75) is 32.4 Å². The first-order valence-electron chi connectivity index (χ1n) is 12.7. The summed E-state index contributed by atoms with van der Waals surface area (Å²) in [7, 11) is -2.42. The molecule has 0 bridgehead atoms. The molecule has 0 aliphatic carbocycles. The second kappa shape index (κ2) is 14.4. The minimum absolute atomic E-state index is 0.00246. The summed E-state index contributed by atoms with van der Waals surface area (Å²) >= 11 is 12.4. The number of carbonyl (C=O) groups excluding carboxylic acids is 2. The van der Waals surface area contributed by atoms with E-state index in [0.717, 1.165) is 16.1 Å². The number of anilines is 1. The average molecular weight is 607 g/mol. The fraction of sp³-hybridized carbons (Fsp3) is 0.310. The normalized spacial score (nSPS) is 11.9. The number of nitrogens with zero attached hydrogens (tertiary/aromatic N) is 2. The van der Waals surface area contributed by atoms with Crippen molar-refractivity contribution in [3.63, 3.8) is 0 Å². The number of hydrogen-bond donors (Lipinski definition) is 1. The van der Waals surface area contributed by atoms with Gasteiger partial charge in [0.25, 0.3) is 0 Å². The van der Waals surface area contributed by atoms with Crippen LogP contribution in [-0.4, -0.2) is 57.6 Å². The van der Waals surface area contributed by atoms with Crippen LogP contribution in [0.2, 0.25) is 10.0 Å². The van der Waals surface area contributed by atoms with Gasteiger partial charge in [0, 0.05) is 25.6 Å². The molecule has 0 aliphatic heterocycles. The fourth-order valence-corrected chi connectivity index (χ4v) is 5.30. The Kier molecular flexibility index (Phi) is 11.2. The van der Waals surface area contributed by atoms with Crippen molar-refractivity contribution in [1.82, 2.24) is 10.2 Å². The molecule has 0 fully saturated rings. The van der Waals surface area contributed by atoms with E-state index in [4.69, 9.17) is 27.9 Å². The highest BCUT2D eigenvalue weighted by Gasteiger charge is 2.33. The third-order valence-corrected chi connectivity index (χ3v) is 8.06. The predicted octanol–water partition coefficient (Wildman–Crippen LogP) is 4.93. The number of halogens is 2. The fourth-order valence-electron chi connectivity index (χ4n) is 4.13. The van der Waals surface area contributed by atoms with Crippen LogP contribution in [0, 0.1) is 0 Å². The largest absolute Gasteiger partial charge is 0.497 e. The zero-order valence-corrected chi connectivity index (χ0v) is 25.0. The maximum Gasteiger partial charge on any atom is 0.244 e. The molecule has 3 aromatic carbocycles. The van der Waals surface area contributed by atoms with Gasteiger partial charge < -0.3 is 15.0 Å². The summed E-state index contributed by atoms with van der Waals surface area (Å²) in [6.45, 7) is 1.84. The van der Waals surface area contributed by atoms with Crippen LogP contribution in [0.15, 0.2) is 72.8 Å². The molecule has 40 heavy (non-hydrogen) atoms. The number of rotatable bonds is 13. The summed E-state index contributed by atoms with van der Waals surface area (Å²) in [4.78, 5) is 28.9. The Morgan fingerprint density at radius 2 is 1.68 bits per heavy atom. The average Bonchev–Trinajstić information content (AvgIpc) is 2.94. The molecule has 214 valence electrons. The third-order valence-electron chi connectivity index (χ3n) is 6.18. The predicted molar refractivity (Wildman–Crippen MR) is 159 cm³/mol. The molecule has 3 rings (SSSR count). The van der Waals surface area contributed by atoms with E-state index in [1.165, 1.54) is 18.1 Å². The molecule has 1 atom stereocenters. The molecule has 0 aromatic heterocycles. The van der Waals surface area contributed by atoms with Gasteiger partial charge >= 0.3 is 0 Å². The molecule has 0 radical (unpaired) electrons. The molecular formula is C29H33Cl2N3O5S. The highest BCUT2D eigenvalue weighted by Crippen LogP contribution is 2.26. The van der Waals surface area contributed by atoms with Gasteiger partial charge in [-0.25, -0.2) is 8.42 Å². The maximum atomic E-state index is 14.0.